The van der Waals surface area contributed by atoms with Gasteiger partial charge in [-0.25, -0.2) is 9.82 Å². The van der Waals surface area contributed by atoms with E-state index in [-0.39, 0.29) is 30.7 Å². The Hall–Kier alpha value is -2.27. The fourth-order valence-corrected chi connectivity index (χ4v) is 1.49. The van der Waals surface area contributed by atoms with Gasteiger partial charge < -0.3 is 12.4 Å². The van der Waals surface area contributed by atoms with Crippen molar-refractivity contribution in [3.63, 3.8) is 0 Å². The lowest BCUT2D eigenvalue weighted by molar-refractivity contribution is -0.684. The lowest BCUT2D eigenvalue weighted by Crippen LogP contribution is -3.00. The number of benzene rings is 1. The number of nitrogens with zero attached hydrogens (tertiary/aromatic N) is 2. The number of hydrogen-bond donors (Lipinski definition) is 1. The van der Waals surface area contributed by atoms with Gasteiger partial charge in [0.1, 0.15) is 5.82 Å². The van der Waals surface area contributed by atoms with Gasteiger partial charge in [-0.15, -0.1) is 0 Å². The number of halogens is 2. The molecule has 0 fully saturated rings. The van der Waals surface area contributed by atoms with Crippen LogP contribution in [0.1, 0.15) is 5.56 Å². The molecule has 0 spiro atoms. The highest BCUT2D eigenvalue weighted by molar-refractivity contribution is 5.82. The van der Waals surface area contributed by atoms with Gasteiger partial charge in [-0.05, 0) is 6.07 Å². The van der Waals surface area contributed by atoms with Crippen LogP contribution in [0.15, 0.2) is 60.0 Å². The van der Waals surface area contributed by atoms with Crippen LogP contribution in [0.5, 0.6) is 0 Å². The minimum absolute atomic E-state index is 0. The first-order valence-electron chi connectivity index (χ1n) is 5.76. The number of amides is 1. The van der Waals surface area contributed by atoms with Crippen LogP contribution in [0.2, 0.25) is 0 Å². The van der Waals surface area contributed by atoms with Gasteiger partial charge >= 0.3 is 5.91 Å². The van der Waals surface area contributed by atoms with Gasteiger partial charge in [0.2, 0.25) is 6.54 Å². The number of rotatable bonds is 4. The maximum atomic E-state index is 13.3. The minimum Gasteiger partial charge on any atom is -1.00 e. The topological polar surface area (TPSA) is 45.3 Å². The van der Waals surface area contributed by atoms with E-state index in [1.807, 2.05) is 18.2 Å². The first kappa shape index (κ1) is 15.8. The molecule has 104 valence electrons. The third-order valence-corrected chi connectivity index (χ3v) is 2.40. The second kappa shape index (κ2) is 8.01. The van der Waals surface area contributed by atoms with Crippen molar-refractivity contribution in [2.45, 2.75) is 6.54 Å². The molecule has 1 aromatic carbocycles. The molecule has 0 radical (unpaired) electrons. The number of hydrogen-bond acceptors (Lipinski definition) is 2. The van der Waals surface area contributed by atoms with E-state index in [0.29, 0.717) is 5.56 Å². The first-order valence-corrected chi connectivity index (χ1v) is 5.76. The maximum Gasteiger partial charge on any atom is 0.305 e. The van der Waals surface area contributed by atoms with E-state index >= 15 is 0 Å². The van der Waals surface area contributed by atoms with Crippen LogP contribution in [-0.2, 0) is 11.3 Å². The van der Waals surface area contributed by atoms with Gasteiger partial charge in [-0.1, -0.05) is 24.3 Å². The number of nitrogens with one attached hydrogen (secondary N) is 1. The average molecular weight is 294 g/mol. The quantitative estimate of drug-likeness (QED) is 0.406. The van der Waals surface area contributed by atoms with Gasteiger partial charge in [0.25, 0.3) is 0 Å². The fraction of sp³-hybridized carbons (Fsp3) is 0.0714. The lowest BCUT2D eigenvalue weighted by atomic mass is 10.2. The van der Waals surface area contributed by atoms with E-state index in [2.05, 4.69) is 10.5 Å². The number of hydrazone groups is 1. The van der Waals surface area contributed by atoms with Crippen molar-refractivity contribution in [3.05, 3.63) is 66.2 Å². The standard InChI is InChI=1S/C14H12FN3O.ClH/c15-13-7-3-2-6-12(13)10-16-17-14(19)11-18-8-4-1-5-9-18;/h1-10H,11H2;1H. The molecule has 0 aliphatic rings. The molecule has 2 rings (SSSR count). The highest BCUT2D eigenvalue weighted by atomic mass is 35.5. The Labute approximate surface area is 122 Å². The summed E-state index contributed by atoms with van der Waals surface area (Å²) in [4.78, 5) is 11.5. The summed E-state index contributed by atoms with van der Waals surface area (Å²) < 4.78 is 15.0. The molecule has 1 heterocycles. The summed E-state index contributed by atoms with van der Waals surface area (Å²) in [5.41, 5.74) is 2.68. The van der Waals surface area contributed by atoms with Gasteiger partial charge in [-0.3, -0.25) is 4.79 Å². The zero-order valence-corrected chi connectivity index (χ0v) is 11.3. The SMILES string of the molecule is O=C(C[n+]1ccccc1)NN=Cc1ccccc1F.[Cl-]. The van der Waals surface area contributed by atoms with E-state index in [0.717, 1.165) is 0 Å². The summed E-state index contributed by atoms with van der Waals surface area (Å²) in [6.45, 7) is 0.162. The van der Waals surface area contributed by atoms with Crippen molar-refractivity contribution in [3.8, 4) is 0 Å². The molecule has 0 bridgehead atoms. The molecule has 2 aromatic rings. The molecule has 1 N–H and O–H groups in total. The molecule has 0 saturated heterocycles. The molecule has 0 aliphatic heterocycles. The average Bonchev–Trinajstić information content (AvgIpc) is 2.42. The second-order valence-electron chi connectivity index (χ2n) is 3.86. The Bertz CT molecular complexity index is 590. The first-order chi connectivity index (χ1) is 9.25. The van der Waals surface area contributed by atoms with E-state index in [4.69, 9.17) is 0 Å². The molecule has 1 aromatic heterocycles. The van der Waals surface area contributed by atoms with Gasteiger partial charge in [0.05, 0.1) is 6.21 Å². The third kappa shape index (κ3) is 4.78. The monoisotopic (exact) mass is 293 g/mol. The van der Waals surface area contributed by atoms with Crippen molar-refractivity contribution in [2.24, 2.45) is 5.10 Å². The zero-order valence-electron chi connectivity index (χ0n) is 10.5. The number of carbonyl (C=O) groups is 1. The van der Waals surface area contributed by atoms with Crippen molar-refractivity contribution in [1.82, 2.24) is 5.43 Å². The molecule has 0 aliphatic carbocycles. The van der Waals surface area contributed by atoms with Crippen LogP contribution in [-0.4, -0.2) is 12.1 Å². The summed E-state index contributed by atoms with van der Waals surface area (Å²) in [6, 6.07) is 11.7. The minimum atomic E-state index is -0.377. The highest BCUT2D eigenvalue weighted by Gasteiger charge is 2.06. The van der Waals surface area contributed by atoms with E-state index < -0.39 is 0 Å². The summed E-state index contributed by atoms with van der Waals surface area (Å²) in [5, 5.41) is 3.72. The molecule has 0 saturated carbocycles. The lowest BCUT2D eigenvalue weighted by Gasteiger charge is -1.97. The van der Waals surface area contributed by atoms with Crippen LogP contribution in [0, 0.1) is 5.82 Å². The predicted octanol–water partition coefficient (Wildman–Crippen LogP) is -1.73. The summed E-state index contributed by atoms with van der Waals surface area (Å²) >= 11 is 0. The van der Waals surface area contributed by atoms with Crippen LogP contribution in [0.25, 0.3) is 0 Å². The Balaban J connectivity index is 0.00000200. The Kier molecular flexibility index (Phi) is 6.32. The van der Waals surface area contributed by atoms with E-state index in [1.54, 1.807) is 35.2 Å². The normalized spacial score (nSPS) is 10.1. The molecule has 0 atom stereocenters. The van der Waals surface area contributed by atoms with E-state index in [1.165, 1.54) is 12.3 Å². The third-order valence-electron chi connectivity index (χ3n) is 2.40. The highest BCUT2D eigenvalue weighted by Crippen LogP contribution is 2.02. The Morgan fingerprint density at radius 1 is 1.20 bits per heavy atom. The van der Waals surface area contributed by atoms with Crippen molar-refractivity contribution in [2.75, 3.05) is 0 Å². The van der Waals surface area contributed by atoms with E-state index in [9.17, 15) is 9.18 Å². The molecule has 0 unspecified atom stereocenters. The van der Waals surface area contributed by atoms with Crippen LogP contribution in [0.4, 0.5) is 4.39 Å². The molecule has 1 amide bonds. The van der Waals surface area contributed by atoms with Crippen LogP contribution < -0.4 is 22.4 Å². The molecule has 4 nitrogen and oxygen atoms in total. The molecule has 20 heavy (non-hydrogen) atoms. The molecular formula is C14H13ClFN3O. The second-order valence-corrected chi connectivity index (χ2v) is 3.86. The molecular weight excluding hydrogens is 281 g/mol. The smallest absolute Gasteiger partial charge is 0.305 e. The van der Waals surface area contributed by atoms with Gasteiger partial charge in [0, 0.05) is 17.7 Å². The maximum absolute atomic E-state index is 13.3. The van der Waals surface area contributed by atoms with Gasteiger partial charge in [0.15, 0.2) is 12.4 Å². The fourth-order valence-electron chi connectivity index (χ4n) is 1.49. The Morgan fingerprint density at radius 3 is 2.60 bits per heavy atom. The van der Waals surface area contributed by atoms with Gasteiger partial charge in [-0.2, -0.15) is 9.67 Å². The largest absolute Gasteiger partial charge is 1.00 e. The number of carbonyl (C=O) groups excluding carboxylic acids is 1. The summed E-state index contributed by atoms with van der Waals surface area (Å²) in [5.74, 6) is -0.651. The van der Waals surface area contributed by atoms with Crippen molar-refractivity contribution < 1.29 is 26.2 Å². The van der Waals surface area contributed by atoms with Crippen molar-refractivity contribution in [1.29, 1.82) is 0 Å². The summed E-state index contributed by atoms with van der Waals surface area (Å²) in [7, 11) is 0. The van der Waals surface area contributed by atoms with Crippen LogP contribution >= 0.6 is 0 Å². The number of pyridine rings is 1. The number of aromatic nitrogens is 1. The molecule has 6 heteroatoms. The summed E-state index contributed by atoms with van der Waals surface area (Å²) in [6.07, 6.45) is 4.84. The van der Waals surface area contributed by atoms with Crippen LogP contribution in [0.3, 0.4) is 0 Å². The zero-order chi connectivity index (χ0) is 13.5. The Morgan fingerprint density at radius 2 is 1.90 bits per heavy atom. The predicted molar refractivity (Wildman–Crippen MR) is 68.8 cm³/mol. The van der Waals surface area contributed by atoms with Crippen molar-refractivity contribution >= 4 is 12.1 Å².